The Hall–Kier alpha value is -2.60. The molecule has 0 radical (unpaired) electrons. The predicted molar refractivity (Wildman–Crippen MR) is 97.4 cm³/mol. The maximum absolute atomic E-state index is 13.0. The fourth-order valence-corrected chi connectivity index (χ4v) is 3.45. The number of H-pyrrole nitrogens is 2. The van der Waals surface area contributed by atoms with Crippen LogP contribution >= 0.6 is 0 Å². The van der Waals surface area contributed by atoms with E-state index >= 15 is 0 Å². The Balaban J connectivity index is 1.32. The SMILES string of the molecule is O=c1[nH]c2ccc(CNC3CCN(c4ccc(F)cc4)CC3)cc2[nH]1. The summed E-state index contributed by atoms with van der Waals surface area (Å²) in [5, 5.41) is 3.60. The third-order valence-electron chi connectivity index (χ3n) is 4.86. The predicted octanol–water partition coefficient (Wildman–Crippen LogP) is 2.75. The van der Waals surface area contributed by atoms with Crippen LogP contribution in [0.15, 0.2) is 47.3 Å². The number of nitrogens with zero attached hydrogens (tertiary/aromatic N) is 1. The summed E-state index contributed by atoms with van der Waals surface area (Å²) in [5.74, 6) is -0.193. The van der Waals surface area contributed by atoms with E-state index in [4.69, 9.17) is 0 Å². The van der Waals surface area contributed by atoms with Gasteiger partial charge in [0.15, 0.2) is 0 Å². The van der Waals surface area contributed by atoms with Gasteiger partial charge in [0.2, 0.25) is 0 Å². The summed E-state index contributed by atoms with van der Waals surface area (Å²) in [4.78, 5) is 19.2. The van der Waals surface area contributed by atoms with Crippen LogP contribution in [0.4, 0.5) is 10.1 Å². The molecule has 0 bridgehead atoms. The fraction of sp³-hybridized carbons (Fsp3) is 0.316. The highest BCUT2D eigenvalue weighted by molar-refractivity contribution is 5.74. The molecule has 0 saturated carbocycles. The van der Waals surface area contributed by atoms with Crippen molar-refractivity contribution in [2.45, 2.75) is 25.4 Å². The second-order valence-corrected chi connectivity index (χ2v) is 6.58. The van der Waals surface area contributed by atoms with Crippen molar-refractivity contribution >= 4 is 16.7 Å². The lowest BCUT2D eigenvalue weighted by molar-refractivity contribution is 0.414. The number of imidazole rings is 1. The number of piperidine rings is 1. The summed E-state index contributed by atoms with van der Waals surface area (Å²) in [7, 11) is 0. The van der Waals surface area contributed by atoms with E-state index in [1.807, 2.05) is 30.3 Å². The van der Waals surface area contributed by atoms with Gasteiger partial charge in [-0.1, -0.05) is 6.07 Å². The fourth-order valence-electron chi connectivity index (χ4n) is 3.45. The number of aromatic amines is 2. The van der Waals surface area contributed by atoms with Crippen LogP contribution in [0.5, 0.6) is 0 Å². The molecule has 0 unspecified atom stereocenters. The highest BCUT2D eigenvalue weighted by atomic mass is 19.1. The summed E-state index contributed by atoms with van der Waals surface area (Å²) in [6, 6.07) is 13.2. The van der Waals surface area contributed by atoms with Gasteiger partial charge in [-0.15, -0.1) is 0 Å². The normalized spacial score (nSPS) is 15.8. The van der Waals surface area contributed by atoms with Crippen molar-refractivity contribution in [2.24, 2.45) is 0 Å². The molecular formula is C19H21FN4O. The molecule has 1 fully saturated rings. The molecule has 6 heteroatoms. The number of rotatable bonds is 4. The lowest BCUT2D eigenvalue weighted by Gasteiger charge is -2.34. The van der Waals surface area contributed by atoms with Gasteiger partial charge in [-0.3, -0.25) is 0 Å². The molecule has 0 atom stereocenters. The molecule has 130 valence electrons. The van der Waals surface area contributed by atoms with Crippen molar-refractivity contribution in [1.82, 2.24) is 15.3 Å². The van der Waals surface area contributed by atoms with E-state index in [0.29, 0.717) is 6.04 Å². The van der Waals surface area contributed by atoms with Gasteiger partial charge in [0, 0.05) is 31.4 Å². The monoisotopic (exact) mass is 340 g/mol. The summed E-state index contributed by atoms with van der Waals surface area (Å²) >= 11 is 0. The number of nitrogens with one attached hydrogen (secondary N) is 3. The molecule has 25 heavy (non-hydrogen) atoms. The molecule has 3 aromatic rings. The zero-order valence-corrected chi connectivity index (χ0v) is 13.9. The number of anilines is 1. The van der Waals surface area contributed by atoms with Crippen molar-refractivity contribution in [2.75, 3.05) is 18.0 Å². The van der Waals surface area contributed by atoms with Crippen molar-refractivity contribution in [3.8, 4) is 0 Å². The maximum Gasteiger partial charge on any atom is 0.323 e. The Bertz CT molecular complexity index is 907. The molecule has 2 heterocycles. The second kappa shape index (κ2) is 6.72. The van der Waals surface area contributed by atoms with Gasteiger partial charge in [-0.25, -0.2) is 9.18 Å². The largest absolute Gasteiger partial charge is 0.371 e. The summed E-state index contributed by atoms with van der Waals surface area (Å²) in [5.41, 5.74) is 3.75. The smallest absolute Gasteiger partial charge is 0.323 e. The van der Waals surface area contributed by atoms with Gasteiger partial charge in [0.25, 0.3) is 0 Å². The molecule has 0 spiro atoms. The van der Waals surface area contributed by atoms with Gasteiger partial charge >= 0.3 is 5.69 Å². The van der Waals surface area contributed by atoms with E-state index < -0.39 is 0 Å². The molecule has 1 aliphatic rings. The number of benzene rings is 2. The van der Waals surface area contributed by atoms with Gasteiger partial charge in [0.1, 0.15) is 5.82 Å². The Morgan fingerprint density at radius 3 is 2.52 bits per heavy atom. The van der Waals surface area contributed by atoms with Crippen LogP contribution in [0.1, 0.15) is 18.4 Å². The van der Waals surface area contributed by atoms with Gasteiger partial charge in [-0.2, -0.15) is 0 Å². The first-order chi connectivity index (χ1) is 12.2. The van der Waals surface area contributed by atoms with Crippen molar-refractivity contribution in [1.29, 1.82) is 0 Å². The summed E-state index contributed by atoms with van der Waals surface area (Å²) in [6.45, 7) is 2.71. The number of hydrogen-bond donors (Lipinski definition) is 3. The Kier molecular flexibility index (Phi) is 4.28. The lowest BCUT2D eigenvalue weighted by atomic mass is 10.0. The molecule has 4 rings (SSSR count). The third-order valence-corrected chi connectivity index (χ3v) is 4.86. The number of fused-ring (bicyclic) bond motifs is 1. The van der Waals surface area contributed by atoms with Crippen LogP contribution in [0.3, 0.4) is 0 Å². The Labute approximate surface area is 144 Å². The molecule has 1 saturated heterocycles. The maximum atomic E-state index is 13.0. The van der Waals surface area contributed by atoms with Crippen LogP contribution < -0.4 is 15.9 Å². The average molecular weight is 340 g/mol. The van der Waals surface area contributed by atoms with Crippen LogP contribution in [0.2, 0.25) is 0 Å². The molecule has 5 nitrogen and oxygen atoms in total. The first-order valence-corrected chi connectivity index (χ1v) is 8.62. The first-order valence-electron chi connectivity index (χ1n) is 8.62. The minimum absolute atomic E-state index is 0.173. The van der Waals surface area contributed by atoms with E-state index in [-0.39, 0.29) is 11.5 Å². The third kappa shape index (κ3) is 3.58. The highest BCUT2D eigenvalue weighted by Crippen LogP contribution is 2.20. The molecule has 0 amide bonds. The molecule has 3 N–H and O–H groups in total. The molecule has 1 aliphatic heterocycles. The quantitative estimate of drug-likeness (QED) is 0.684. The van der Waals surface area contributed by atoms with Crippen molar-refractivity contribution in [3.63, 3.8) is 0 Å². The van der Waals surface area contributed by atoms with E-state index in [2.05, 4.69) is 20.2 Å². The number of aromatic nitrogens is 2. The molecule has 0 aliphatic carbocycles. The number of hydrogen-bond acceptors (Lipinski definition) is 3. The zero-order chi connectivity index (χ0) is 17.2. The minimum atomic E-state index is -0.193. The van der Waals surface area contributed by atoms with Gasteiger partial charge in [0.05, 0.1) is 11.0 Å². The van der Waals surface area contributed by atoms with Crippen molar-refractivity contribution in [3.05, 3.63) is 64.3 Å². The second-order valence-electron chi connectivity index (χ2n) is 6.58. The van der Waals surface area contributed by atoms with Crippen LogP contribution in [-0.4, -0.2) is 29.1 Å². The molecule has 1 aromatic heterocycles. The van der Waals surface area contributed by atoms with E-state index in [9.17, 15) is 9.18 Å². The van der Waals surface area contributed by atoms with Gasteiger partial charge < -0.3 is 20.2 Å². The van der Waals surface area contributed by atoms with E-state index in [1.54, 1.807) is 0 Å². The van der Waals surface area contributed by atoms with Gasteiger partial charge in [-0.05, 0) is 54.8 Å². The van der Waals surface area contributed by atoms with Crippen LogP contribution in [0, 0.1) is 5.82 Å². The zero-order valence-electron chi connectivity index (χ0n) is 13.9. The first kappa shape index (κ1) is 15.9. The standard InChI is InChI=1S/C19H21FN4O/c20-14-2-4-16(5-3-14)24-9-7-15(8-10-24)21-12-13-1-6-17-18(11-13)23-19(25)22-17/h1-6,11,15,21H,7-10,12H2,(H2,22,23,25). The van der Waals surface area contributed by atoms with E-state index in [1.165, 1.54) is 12.1 Å². The molecule has 2 aromatic carbocycles. The number of halogens is 1. The lowest BCUT2D eigenvalue weighted by Crippen LogP contribution is -2.42. The summed E-state index contributed by atoms with van der Waals surface area (Å²) < 4.78 is 13.0. The Morgan fingerprint density at radius 1 is 1.04 bits per heavy atom. The van der Waals surface area contributed by atoms with Crippen LogP contribution in [0.25, 0.3) is 11.0 Å². The Morgan fingerprint density at radius 2 is 1.76 bits per heavy atom. The average Bonchev–Trinajstić information content (AvgIpc) is 3.00. The van der Waals surface area contributed by atoms with Crippen molar-refractivity contribution < 1.29 is 4.39 Å². The highest BCUT2D eigenvalue weighted by Gasteiger charge is 2.19. The van der Waals surface area contributed by atoms with E-state index in [0.717, 1.165) is 54.8 Å². The molecular weight excluding hydrogens is 319 g/mol. The van der Waals surface area contributed by atoms with Crippen LogP contribution in [-0.2, 0) is 6.54 Å². The topological polar surface area (TPSA) is 63.9 Å². The summed E-state index contributed by atoms with van der Waals surface area (Å²) in [6.07, 6.45) is 2.11. The minimum Gasteiger partial charge on any atom is -0.371 e.